The molecule has 0 saturated carbocycles. The van der Waals surface area contributed by atoms with Gasteiger partial charge in [0.15, 0.2) is 11.5 Å². The SMILES string of the molecule is CC(=O)Oc1c(C(C)S(N)(=O)=O)oc(-c2ccc(F)cc2)c1O. The Morgan fingerprint density at radius 3 is 2.39 bits per heavy atom. The molecule has 0 bridgehead atoms. The number of sulfonamides is 1. The van der Waals surface area contributed by atoms with Crippen LogP contribution in [0.3, 0.4) is 0 Å². The average molecular weight is 343 g/mol. The van der Waals surface area contributed by atoms with Crippen LogP contribution in [0.25, 0.3) is 11.3 Å². The van der Waals surface area contributed by atoms with Gasteiger partial charge in [-0.3, -0.25) is 4.79 Å². The zero-order valence-corrected chi connectivity index (χ0v) is 13.1. The molecule has 1 aromatic carbocycles. The van der Waals surface area contributed by atoms with E-state index in [1.807, 2.05) is 0 Å². The van der Waals surface area contributed by atoms with E-state index in [0.717, 1.165) is 19.1 Å². The number of hydrogen-bond donors (Lipinski definition) is 2. The average Bonchev–Trinajstić information content (AvgIpc) is 2.75. The van der Waals surface area contributed by atoms with Gasteiger partial charge in [-0.1, -0.05) is 0 Å². The molecule has 3 N–H and O–H groups in total. The molecule has 2 rings (SSSR count). The first-order chi connectivity index (χ1) is 10.6. The molecule has 2 aromatic rings. The monoisotopic (exact) mass is 343 g/mol. The molecular formula is C14H14FNO6S. The first-order valence-electron chi connectivity index (χ1n) is 6.43. The number of carbonyl (C=O) groups excluding carboxylic acids is 1. The number of benzene rings is 1. The van der Waals surface area contributed by atoms with E-state index >= 15 is 0 Å². The smallest absolute Gasteiger partial charge is 0.308 e. The molecule has 1 unspecified atom stereocenters. The molecule has 0 amide bonds. The van der Waals surface area contributed by atoms with Gasteiger partial charge < -0.3 is 14.3 Å². The van der Waals surface area contributed by atoms with E-state index in [-0.39, 0.29) is 17.1 Å². The molecule has 23 heavy (non-hydrogen) atoms. The van der Waals surface area contributed by atoms with Crippen molar-refractivity contribution in [3.63, 3.8) is 0 Å². The fourth-order valence-corrected chi connectivity index (χ4v) is 2.33. The number of hydrogen-bond acceptors (Lipinski definition) is 6. The van der Waals surface area contributed by atoms with Crippen LogP contribution >= 0.6 is 0 Å². The molecule has 0 saturated heterocycles. The van der Waals surface area contributed by atoms with Crippen LogP contribution in [0.5, 0.6) is 11.5 Å². The van der Waals surface area contributed by atoms with Crippen molar-refractivity contribution in [3.05, 3.63) is 35.8 Å². The Kier molecular flexibility index (Phi) is 4.44. The fourth-order valence-electron chi connectivity index (χ4n) is 1.88. The molecule has 0 fully saturated rings. The van der Waals surface area contributed by atoms with Crippen LogP contribution in [0.2, 0.25) is 0 Å². The second kappa shape index (κ2) is 6.01. The molecule has 7 nitrogen and oxygen atoms in total. The van der Waals surface area contributed by atoms with Crippen LogP contribution in [-0.2, 0) is 14.8 Å². The first-order valence-corrected chi connectivity index (χ1v) is 8.03. The first kappa shape index (κ1) is 17.0. The molecule has 9 heteroatoms. The van der Waals surface area contributed by atoms with Gasteiger partial charge in [0, 0.05) is 12.5 Å². The Bertz CT molecular complexity index is 841. The summed E-state index contributed by atoms with van der Waals surface area (Å²) in [6.07, 6.45) is 0. The maximum absolute atomic E-state index is 13.0. The zero-order chi connectivity index (χ0) is 17.4. The minimum absolute atomic E-state index is 0.160. The Labute approximate surface area is 131 Å². The summed E-state index contributed by atoms with van der Waals surface area (Å²) in [5, 5.41) is 13.9. The van der Waals surface area contributed by atoms with Gasteiger partial charge in [0.25, 0.3) is 0 Å². The van der Waals surface area contributed by atoms with Crippen molar-refractivity contribution < 1.29 is 31.9 Å². The second-order valence-electron chi connectivity index (χ2n) is 4.80. The lowest BCUT2D eigenvalue weighted by Crippen LogP contribution is -2.19. The molecule has 0 radical (unpaired) electrons. The third kappa shape index (κ3) is 3.51. The molecule has 0 aliphatic carbocycles. The van der Waals surface area contributed by atoms with E-state index in [1.54, 1.807) is 0 Å². The highest BCUT2D eigenvalue weighted by Crippen LogP contribution is 2.46. The van der Waals surface area contributed by atoms with Crippen LogP contribution < -0.4 is 9.88 Å². The van der Waals surface area contributed by atoms with E-state index in [1.165, 1.54) is 19.1 Å². The highest BCUT2D eigenvalue weighted by molar-refractivity contribution is 7.89. The number of primary sulfonamides is 1. The minimum atomic E-state index is -4.06. The van der Waals surface area contributed by atoms with Crippen molar-refractivity contribution in [2.24, 2.45) is 5.14 Å². The lowest BCUT2D eigenvalue weighted by atomic mass is 10.1. The molecule has 124 valence electrons. The van der Waals surface area contributed by atoms with Crippen molar-refractivity contribution in [1.82, 2.24) is 0 Å². The fraction of sp³-hybridized carbons (Fsp3) is 0.214. The maximum atomic E-state index is 13.0. The van der Waals surface area contributed by atoms with E-state index < -0.39 is 38.6 Å². The zero-order valence-electron chi connectivity index (χ0n) is 12.2. The standard InChI is InChI=1S/C14H14FNO6S/c1-7(23(16,19)20)12-14(21-8(2)17)11(18)13(22-12)9-3-5-10(15)6-4-9/h3-7,18H,1-2H3,(H2,16,19,20). The number of nitrogens with two attached hydrogens (primary N) is 1. The van der Waals surface area contributed by atoms with E-state index in [4.69, 9.17) is 14.3 Å². The summed E-state index contributed by atoms with van der Waals surface area (Å²) in [6, 6.07) is 4.89. The maximum Gasteiger partial charge on any atom is 0.308 e. The van der Waals surface area contributed by atoms with Gasteiger partial charge in [-0.2, -0.15) is 0 Å². The van der Waals surface area contributed by atoms with Crippen molar-refractivity contribution >= 4 is 16.0 Å². The van der Waals surface area contributed by atoms with Crippen molar-refractivity contribution in [2.45, 2.75) is 19.1 Å². The van der Waals surface area contributed by atoms with Crippen LogP contribution in [0.1, 0.15) is 24.9 Å². The summed E-state index contributed by atoms with van der Waals surface area (Å²) in [5.74, 6) is -2.77. The number of ether oxygens (including phenoxy) is 1. The largest absolute Gasteiger partial charge is 0.502 e. The van der Waals surface area contributed by atoms with E-state index in [9.17, 15) is 22.7 Å². The summed E-state index contributed by atoms with van der Waals surface area (Å²) >= 11 is 0. The Balaban J connectivity index is 2.64. The van der Waals surface area contributed by atoms with Crippen LogP contribution in [0.15, 0.2) is 28.7 Å². The minimum Gasteiger partial charge on any atom is -0.502 e. The summed E-state index contributed by atoms with van der Waals surface area (Å²) in [7, 11) is -4.06. The normalized spacial score (nSPS) is 12.9. The highest BCUT2D eigenvalue weighted by atomic mass is 32.2. The molecule has 0 spiro atoms. The molecule has 1 aromatic heterocycles. The van der Waals surface area contributed by atoms with Gasteiger partial charge in [-0.05, 0) is 31.2 Å². The Morgan fingerprint density at radius 2 is 1.91 bits per heavy atom. The molecular weight excluding hydrogens is 329 g/mol. The van der Waals surface area contributed by atoms with Gasteiger partial charge in [0.05, 0.1) is 0 Å². The number of rotatable bonds is 4. The lowest BCUT2D eigenvalue weighted by Gasteiger charge is -2.08. The Morgan fingerprint density at radius 1 is 1.35 bits per heavy atom. The molecule has 1 heterocycles. The van der Waals surface area contributed by atoms with Gasteiger partial charge in [0.1, 0.15) is 11.1 Å². The number of halogens is 1. The number of furan rings is 1. The summed E-state index contributed by atoms with van der Waals surface area (Å²) in [4.78, 5) is 11.2. The third-order valence-electron chi connectivity index (χ3n) is 3.08. The van der Waals surface area contributed by atoms with Gasteiger partial charge >= 0.3 is 5.97 Å². The van der Waals surface area contributed by atoms with Gasteiger partial charge in [0.2, 0.25) is 21.5 Å². The third-order valence-corrected chi connectivity index (χ3v) is 4.28. The Hall–Kier alpha value is -2.39. The highest BCUT2D eigenvalue weighted by Gasteiger charge is 2.32. The summed E-state index contributed by atoms with van der Waals surface area (Å²) in [6.45, 7) is 2.30. The molecule has 0 aliphatic rings. The quantitative estimate of drug-likeness (QED) is 0.820. The predicted octanol–water partition coefficient (Wildman–Crippen LogP) is 2.07. The van der Waals surface area contributed by atoms with E-state index in [0.29, 0.717) is 0 Å². The number of carbonyl (C=O) groups is 1. The van der Waals surface area contributed by atoms with Crippen molar-refractivity contribution in [1.29, 1.82) is 0 Å². The predicted molar refractivity (Wildman–Crippen MR) is 78.6 cm³/mol. The molecule has 1 atom stereocenters. The summed E-state index contributed by atoms with van der Waals surface area (Å²) in [5.41, 5.74) is 0.269. The second-order valence-corrected chi connectivity index (χ2v) is 6.69. The van der Waals surface area contributed by atoms with Crippen LogP contribution in [0.4, 0.5) is 4.39 Å². The van der Waals surface area contributed by atoms with Gasteiger partial charge in [-0.15, -0.1) is 0 Å². The van der Waals surface area contributed by atoms with Crippen LogP contribution in [0, 0.1) is 5.82 Å². The topological polar surface area (TPSA) is 120 Å². The van der Waals surface area contributed by atoms with E-state index in [2.05, 4.69) is 0 Å². The number of esters is 1. The van der Waals surface area contributed by atoms with Gasteiger partial charge in [-0.25, -0.2) is 17.9 Å². The molecule has 0 aliphatic heterocycles. The van der Waals surface area contributed by atoms with Crippen molar-refractivity contribution in [3.8, 4) is 22.8 Å². The lowest BCUT2D eigenvalue weighted by molar-refractivity contribution is -0.132. The van der Waals surface area contributed by atoms with Crippen LogP contribution in [-0.4, -0.2) is 19.5 Å². The van der Waals surface area contributed by atoms with Crippen molar-refractivity contribution in [2.75, 3.05) is 0 Å². The summed E-state index contributed by atoms with van der Waals surface area (Å²) < 4.78 is 46.2. The number of aromatic hydroxyl groups is 1.